The van der Waals surface area contributed by atoms with E-state index in [4.69, 9.17) is 4.74 Å². The Labute approximate surface area is 124 Å². The van der Waals surface area contributed by atoms with Crippen LogP contribution in [0.15, 0.2) is 47.6 Å². The number of amides is 1. The Morgan fingerprint density at radius 2 is 1.86 bits per heavy atom. The number of carbonyl (C=O) groups excluding carboxylic acids is 1. The van der Waals surface area contributed by atoms with E-state index >= 15 is 0 Å². The summed E-state index contributed by atoms with van der Waals surface area (Å²) < 4.78 is 43.8. The lowest BCUT2D eigenvalue weighted by atomic mass is 10.2. The molecule has 0 aromatic heterocycles. The lowest BCUT2D eigenvalue weighted by Crippen LogP contribution is -2.24. The first-order valence-corrected chi connectivity index (χ1v) is 6.20. The zero-order valence-electron chi connectivity index (χ0n) is 11.2. The van der Waals surface area contributed by atoms with Crippen LogP contribution in [0.5, 0.6) is 5.75 Å². The van der Waals surface area contributed by atoms with E-state index < -0.39 is 30.0 Å². The third kappa shape index (κ3) is 4.34. The molecule has 114 valence electrons. The van der Waals surface area contributed by atoms with Crippen molar-refractivity contribution in [2.75, 3.05) is 6.61 Å². The van der Waals surface area contributed by atoms with Gasteiger partial charge in [-0.25, -0.2) is 18.6 Å². The number of carbonyl (C=O) groups is 1. The van der Waals surface area contributed by atoms with Gasteiger partial charge in [0.1, 0.15) is 0 Å². The summed E-state index contributed by atoms with van der Waals surface area (Å²) in [6, 6.07) is 8.82. The third-order valence-corrected chi connectivity index (χ3v) is 2.54. The van der Waals surface area contributed by atoms with Crippen molar-refractivity contribution in [3.63, 3.8) is 0 Å². The highest BCUT2D eigenvalue weighted by atomic mass is 19.2. The third-order valence-electron chi connectivity index (χ3n) is 2.54. The van der Waals surface area contributed by atoms with E-state index in [0.717, 1.165) is 18.3 Å². The molecule has 0 aliphatic carbocycles. The number of ether oxygens (including phenoxy) is 1. The van der Waals surface area contributed by atoms with Crippen LogP contribution < -0.4 is 10.2 Å². The largest absolute Gasteiger partial charge is 0.481 e. The van der Waals surface area contributed by atoms with E-state index in [9.17, 15) is 18.0 Å². The molecule has 0 unspecified atom stereocenters. The summed E-state index contributed by atoms with van der Waals surface area (Å²) in [6.07, 6.45) is 1.14. The van der Waals surface area contributed by atoms with Gasteiger partial charge in [-0.05, 0) is 29.8 Å². The standard InChI is InChI=1S/C15H11F3N2O2/c16-11-6-5-10(7-13(11)18)8-19-20-15(21)9-22-14-4-2-1-3-12(14)17/h1-8H,9H2,(H,20,21)/b19-8-. The van der Waals surface area contributed by atoms with Crippen molar-refractivity contribution < 1.29 is 22.7 Å². The Bertz CT molecular complexity index is 705. The molecule has 2 aromatic rings. The van der Waals surface area contributed by atoms with Gasteiger partial charge in [0, 0.05) is 0 Å². The highest BCUT2D eigenvalue weighted by Crippen LogP contribution is 2.14. The Kier molecular flexibility index (Phi) is 5.13. The van der Waals surface area contributed by atoms with Crippen molar-refractivity contribution in [1.29, 1.82) is 0 Å². The van der Waals surface area contributed by atoms with E-state index in [1.807, 2.05) is 0 Å². The van der Waals surface area contributed by atoms with Crippen LogP contribution in [0.4, 0.5) is 13.2 Å². The van der Waals surface area contributed by atoms with Crippen LogP contribution >= 0.6 is 0 Å². The zero-order chi connectivity index (χ0) is 15.9. The molecule has 0 aliphatic heterocycles. The topological polar surface area (TPSA) is 50.7 Å². The summed E-state index contributed by atoms with van der Waals surface area (Å²) in [5.74, 6) is -3.25. The van der Waals surface area contributed by atoms with Gasteiger partial charge in [0.05, 0.1) is 6.21 Å². The maximum absolute atomic E-state index is 13.2. The van der Waals surface area contributed by atoms with Crippen LogP contribution in [-0.4, -0.2) is 18.7 Å². The van der Waals surface area contributed by atoms with Crippen LogP contribution in [0.1, 0.15) is 5.56 Å². The lowest BCUT2D eigenvalue weighted by Gasteiger charge is -2.05. The molecule has 2 aromatic carbocycles. The minimum atomic E-state index is -1.02. The molecule has 0 bridgehead atoms. The summed E-state index contributed by atoms with van der Waals surface area (Å²) in [6.45, 7) is -0.434. The van der Waals surface area contributed by atoms with Gasteiger partial charge in [0.15, 0.2) is 29.8 Å². The van der Waals surface area contributed by atoms with Gasteiger partial charge in [0.2, 0.25) is 0 Å². The lowest BCUT2D eigenvalue weighted by molar-refractivity contribution is -0.123. The highest BCUT2D eigenvalue weighted by molar-refractivity contribution is 5.82. The van der Waals surface area contributed by atoms with Gasteiger partial charge < -0.3 is 4.74 Å². The van der Waals surface area contributed by atoms with Gasteiger partial charge in [-0.1, -0.05) is 18.2 Å². The van der Waals surface area contributed by atoms with E-state index in [0.29, 0.717) is 0 Å². The first-order valence-electron chi connectivity index (χ1n) is 6.20. The summed E-state index contributed by atoms with van der Waals surface area (Å²) in [5.41, 5.74) is 2.39. The van der Waals surface area contributed by atoms with Crippen molar-refractivity contribution in [3.8, 4) is 5.75 Å². The maximum atomic E-state index is 13.2. The number of benzene rings is 2. The molecule has 4 nitrogen and oxygen atoms in total. The molecule has 0 spiro atoms. The average molecular weight is 308 g/mol. The van der Waals surface area contributed by atoms with Gasteiger partial charge >= 0.3 is 0 Å². The summed E-state index contributed by atoms with van der Waals surface area (Å²) in [7, 11) is 0. The minimum Gasteiger partial charge on any atom is -0.481 e. The van der Waals surface area contributed by atoms with Crippen molar-refractivity contribution >= 4 is 12.1 Å². The second-order valence-electron chi connectivity index (χ2n) is 4.19. The van der Waals surface area contributed by atoms with Crippen molar-refractivity contribution in [1.82, 2.24) is 5.43 Å². The molecule has 0 saturated carbocycles. The first-order chi connectivity index (χ1) is 10.6. The molecule has 1 N–H and O–H groups in total. The van der Waals surface area contributed by atoms with Crippen LogP contribution in [0, 0.1) is 17.5 Å². The van der Waals surface area contributed by atoms with E-state index in [2.05, 4.69) is 10.5 Å². The maximum Gasteiger partial charge on any atom is 0.277 e. The molecule has 22 heavy (non-hydrogen) atoms. The van der Waals surface area contributed by atoms with E-state index in [1.54, 1.807) is 6.07 Å². The quantitative estimate of drug-likeness (QED) is 0.682. The molecular formula is C15H11F3N2O2. The predicted molar refractivity (Wildman–Crippen MR) is 74.0 cm³/mol. The Morgan fingerprint density at radius 1 is 1.09 bits per heavy atom. The zero-order valence-corrected chi connectivity index (χ0v) is 11.2. The number of nitrogens with zero attached hydrogens (tertiary/aromatic N) is 1. The van der Waals surface area contributed by atoms with Crippen molar-refractivity contribution in [3.05, 3.63) is 65.5 Å². The molecule has 2 rings (SSSR count). The SMILES string of the molecule is O=C(COc1ccccc1F)N/N=C\c1ccc(F)c(F)c1. The second kappa shape index (κ2) is 7.26. The van der Waals surface area contributed by atoms with Crippen LogP contribution in [-0.2, 0) is 4.79 Å². The molecule has 0 fully saturated rings. The second-order valence-corrected chi connectivity index (χ2v) is 4.19. The normalized spacial score (nSPS) is 10.7. The number of hydrogen-bond acceptors (Lipinski definition) is 3. The van der Waals surface area contributed by atoms with Crippen LogP contribution in [0.3, 0.4) is 0 Å². The number of rotatable bonds is 5. The molecule has 0 atom stereocenters. The highest BCUT2D eigenvalue weighted by Gasteiger charge is 2.05. The molecule has 0 aliphatic rings. The fourth-order valence-electron chi connectivity index (χ4n) is 1.51. The Morgan fingerprint density at radius 3 is 2.59 bits per heavy atom. The van der Waals surface area contributed by atoms with Gasteiger partial charge in [-0.3, -0.25) is 4.79 Å². The average Bonchev–Trinajstić information content (AvgIpc) is 2.50. The fourth-order valence-corrected chi connectivity index (χ4v) is 1.51. The number of nitrogens with one attached hydrogen (secondary N) is 1. The van der Waals surface area contributed by atoms with Gasteiger partial charge in [-0.15, -0.1) is 0 Å². The van der Waals surface area contributed by atoms with Crippen LogP contribution in [0.25, 0.3) is 0 Å². The molecule has 7 heteroatoms. The summed E-state index contributed by atoms with van der Waals surface area (Å²) in [5, 5.41) is 3.56. The predicted octanol–water partition coefficient (Wildman–Crippen LogP) is 2.63. The first kappa shape index (κ1) is 15.6. The smallest absolute Gasteiger partial charge is 0.277 e. The van der Waals surface area contributed by atoms with Crippen molar-refractivity contribution in [2.24, 2.45) is 5.10 Å². The van der Waals surface area contributed by atoms with E-state index in [-0.39, 0.29) is 11.3 Å². The Hall–Kier alpha value is -2.83. The molecule has 0 heterocycles. The number of halogens is 3. The minimum absolute atomic E-state index is 0.0535. The molecular weight excluding hydrogens is 297 g/mol. The number of hydrazone groups is 1. The van der Waals surface area contributed by atoms with Crippen molar-refractivity contribution in [2.45, 2.75) is 0 Å². The molecule has 0 saturated heterocycles. The van der Waals surface area contributed by atoms with Gasteiger partial charge in [0.25, 0.3) is 5.91 Å². The van der Waals surface area contributed by atoms with Gasteiger partial charge in [-0.2, -0.15) is 5.10 Å². The van der Waals surface area contributed by atoms with Crippen LogP contribution in [0.2, 0.25) is 0 Å². The summed E-state index contributed by atoms with van der Waals surface area (Å²) >= 11 is 0. The number of para-hydroxylation sites is 1. The van der Waals surface area contributed by atoms with E-state index in [1.165, 1.54) is 24.3 Å². The summed E-state index contributed by atoms with van der Waals surface area (Å²) in [4.78, 5) is 11.4. The molecule has 1 amide bonds. The molecule has 0 radical (unpaired) electrons. The monoisotopic (exact) mass is 308 g/mol. The Balaban J connectivity index is 1.83. The number of hydrogen-bond donors (Lipinski definition) is 1. The fraction of sp³-hybridized carbons (Fsp3) is 0.0667.